The molecule has 2 heterocycles. The molecule has 0 aliphatic carbocycles. The Balaban J connectivity index is 1.30. The van der Waals surface area contributed by atoms with Gasteiger partial charge in [0.1, 0.15) is 0 Å². The molecule has 2 fully saturated rings. The highest BCUT2D eigenvalue weighted by atomic mass is 16.2. The van der Waals surface area contributed by atoms with Crippen LogP contribution in [0.3, 0.4) is 0 Å². The molecule has 4 rings (SSSR count). The predicted molar refractivity (Wildman–Crippen MR) is 123 cm³/mol. The van der Waals surface area contributed by atoms with E-state index < -0.39 is 0 Å². The summed E-state index contributed by atoms with van der Waals surface area (Å²) in [5.41, 5.74) is 2.14. The molecule has 0 radical (unpaired) electrons. The van der Waals surface area contributed by atoms with Crippen LogP contribution in [0.5, 0.6) is 0 Å². The van der Waals surface area contributed by atoms with Gasteiger partial charge in [0, 0.05) is 44.0 Å². The average Bonchev–Trinajstić information content (AvgIpc) is 3.38. The Bertz CT molecular complexity index is 957. The van der Waals surface area contributed by atoms with Crippen molar-refractivity contribution in [1.29, 1.82) is 0 Å². The van der Waals surface area contributed by atoms with Crippen LogP contribution in [0.1, 0.15) is 41.6 Å². The third-order valence-electron chi connectivity index (χ3n) is 6.13. The van der Waals surface area contributed by atoms with Gasteiger partial charge in [-0.3, -0.25) is 9.59 Å². The Labute approximate surface area is 188 Å². The lowest BCUT2D eigenvalue weighted by atomic mass is 9.97. The summed E-state index contributed by atoms with van der Waals surface area (Å²) in [6.07, 6.45) is 3.75. The van der Waals surface area contributed by atoms with Crippen LogP contribution in [0.15, 0.2) is 54.6 Å². The number of likely N-dealkylation sites (tertiary alicyclic amines) is 2. The minimum atomic E-state index is -0.195. The van der Waals surface area contributed by atoms with Crippen molar-refractivity contribution in [3.63, 3.8) is 0 Å². The van der Waals surface area contributed by atoms with Gasteiger partial charge in [0.25, 0.3) is 5.91 Å². The van der Waals surface area contributed by atoms with E-state index in [1.54, 1.807) is 12.1 Å². The van der Waals surface area contributed by atoms with Crippen LogP contribution in [0.25, 0.3) is 0 Å². The van der Waals surface area contributed by atoms with Crippen molar-refractivity contribution in [1.82, 2.24) is 15.1 Å². The topological polar surface area (TPSA) is 81.8 Å². The second-order valence-electron chi connectivity index (χ2n) is 8.50. The number of carbonyl (C=O) groups excluding carboxylic acids is 3. The Morgan fingerprint density at radius 1 is 0.875 bits per heavy atom. The molecule has 2 aliphatic heterocycles. The minimum Gasteiger partial charge on any atom is -0.352 e. The zero-order valence-electron chi connectivity index (χ0n) is 18.3. The van der Waals surface area contributed by atoms with E-state index in [1.807, 2.05) is 52.3 Å². The predicted octanol–water partition coefficient (Wildman–Crippen LogP) is 3.48. The van der Waals surface area contributed by atoms with E-state index in [1.165, 1.54) is 0 Å². The second-order valence-corrected chi connectivity index (χ2v) is 8.50. The number of anilines is 1. The number of hydrogen-bond donors (Lipinski definition) is 2. The summed E-state index contributed by atoms with van der Waals surface area (Å²) >= 11 is 0. The van der Waals surface area contributed by atoms with E-state index >= 15 is 0 Å². The van der Waals surface area contributed by atoms with Crippen LogP contribution < -0.4 is 10.6 Å². The molecule has 7 heteroatoms. The van der Waals surface area contributed by atoms with Gasteiger partial charge in [0.15, 0.2) is 0 Å². The standard InChI is InChI=1S/C25H30N4O3/c30-23(21-10-7-15-29(18-21)25(32)28-13-4-5-14-28)26-17-19-8-6-9-20(16-19)24(31)27-22-11-2-1-3-12-22/h1-3,6,8-9,11-12,16,21H,4-5,7,10,13-15,17-18H2,(H,26,30)(H,27,31)/t21-/m0/s1. The smallest absolute Gasteiger partial charge is 0.320 e. The number of para-hydroxylation sites is 1. The summed E-state index contributed by atoms with van der Waals surface area (Å²) in [6, 6.07) is 16.6. The molecule has 32 heavy (non-hydrogen) atoms. The molecular weight excluding hydrogens is 404 g/mol. The van der Waals surface area contributed by atoms with Gasteiger partial charge in [-0.1, -0.05) is 30.3 Å². The quantitative estimate of drug-likeness (QED) is 0.756. The van der Waals surface area contributed by atoms with Gasteiger partial charge in [-0.15, -0.1) is 0 Å². The molecule has 0 bridgehead atoms. The summed E-state index contributed by atoms with van der Waals surface area (Å²) in [5.74, 6) is -0.421. The van der Waals surface area contributed by atoms with Crippen molar-refractivity contribution in [2.45, 2.75) is 32.2 Å². The largest absolute Gasteiger partial charge is 0.352 e. The zero-order valence-corrected chi connectivity index (χ0v) is 18.3. The van der Waals surface area contributed by atoms with Gasteiger partial charge in [-0.2, -0.15) is 0 Å². The summed E-state index contributed by atoms with van der Waals surface area (Å²) in [4.78, 5) is 41.7. The van der Waals surface area contributed by atoms with Gasteiger partial charge in [-0.05, 0) is 55.5 Å². The average molecular weight is 435 g/mol. The third kappa shape index (κ3) is 5.46. The normalized spacial score (nSPS) is 18.3. The molecule has 0 unspecified atom stereocenters. The Morgan fingerprint density at radius 3 is 2.41 bits per heavy atom. The number of amides is 4. The molecule has 1 atom stereocenters. The van der Waals surface area contributed by atoms with E-state index in [0.717, 1.165) is 56.6 Å². The van der Waals surface area contributed by atoms with E-state index in [4.69, 9.17) is 0 Å². The van der Waals surface area contributed by atoms with E-state index in [9.17, 15) is 14.4 Å². The Morgan fingerprint density at radius 2 is 1.62 bits per heavy atom. The number of benzene rings is 2. The van der Waals surface area contributed by atoms with Crippen LogP contribution in [-0.4, -0.2) is 53.8 Å². The highest BCUT2D eigenvalue weighted by Gasteiger charge is 2.31. The minimum absolute atomic E-state index is 0.0388. The number of nitrogens with zero attached hydrogens (tertiary/aromatic N) is 2. The monoisotopic (exact) mass is 434 g/mol. The number of piperidine rings is 1. The Hall–Kier alpha value is -3.35. The van der Waals surface area contributed by atoms with Crippen molar-refractivity contribution in [3.05, 3.63) is 65.7 Å². The lowest BCUT2D eigenvalue weighted by Crippen LogP contribution is -2.49. The summed E-state index contributed by atoms with van der Waals surface area (Å²) in [6.45, 7) is 3.18. The van der Waals surface area contributed by atoms with Crippen LogP contribution in [0, 0.1) is 5.92 Å². The first-order chi connectivity index (χ1) is 15.6. The number of urea groups is 1. The molecule has 7 nitrogen and oxygen atoms in total. The molecular formula is C25H30N4O3. The summed E-state index contributed by atoms with van der Waals surface area (Å²) in [7, 11) is 0. The molecule has 0 spiro atoms. The maximum absolute atomic E-state index is 12.8. The molecule has 0 aromatic heterocycles. The Kier molecular flexibility index (Phi) is 7.04. The first-order valence-electron chi connectivity index (χ1n) is 11.4. The fourth-order valence-corrected chi connectivity index (χ4v) is 4.35. The lowest BCUT2D eigenvalue weighted by Gasteiger charge is -2.34. The van der Waals surface area contributed by atoms with Crippen molar-refractivity contribution in [3.8, 4) is 0 Å². The van der Waals surface area contributed by atoms with Crippen LogP contribution in [0.2, 0.25) is 0 Å². The van der Waals surface area contributed by atoms with Crippen molar-refractivity contribution < 1.29 is 14.4 Å². The first kappa shape index (κ1) is 21.9. The molecule has 4 amide bonds. The van der Waals surface area contributed by atoms with Gasteiger partial charge >= 0.3 is 6.03 Å². The van der Waals surface area contributed by atoms with Crippen LogP contribution in [0.4, 0.5) is 10.5 Å². The summed E-state index contributed by atoms with van der Waals surface area (Å²) < 4.78 is 0. The highest BCUT2D eigenvalue weighted by molar-refractivity contribution is 6.04. The molecule has 0 saturated carbocycles. The summed E-state index contributed by atoms with van der Waals surface area (Å²) in [5, 5.41) is 5.86. The highest BCUT2D eigenvalue weighted by Crippen LogP contribution is 2.20. The third-order valence-corrected chi connectivity index (χ3v) is 6.13. The van der Waals surface area contributed by atoms with Gasteiger partial charge in [0.05, 0.1) is 5.92 Å². The van der Waals surface area contributed by atoms with Gasteiger partial charge in [-0.25, -0.2) is 4.79 Å². The van der Waals surface area contributed by atoms with Crippen molar-refractivity contribution in [2.24, 2.45) is 5.92 Å². The fourth-order valence-electron chi connectivity index (χ4n) is 4.35. The SMILES string of the molecule is O=C(Nc1ccccc1)c1cccc(CNC(=O)[C@H]2CCCN(C(=O)N3CCCC3)C2)c1. The maximum Gasteiger partial charge on any atom is 0.320 e. The van der Waals surface area contributed by atoms with Gasteiger partial charge < -0.3 is 20.4 Å². The first-order valence-corrected chi connectivity index (χ1v) is 11.4. The number of hydrogen-bond acceptors (Lipinski definition) is 3. The molecule has 168 valence electrons. The molecule has 2 aliphatic rings. The van der Waals surface area contributed by atoms with Crippen molar-refractivity contribution in [2.75, 3.05) is 31.5 Å². The second kappa shape index (κ2) is 10.3. The molecule has 2 saturated heterocycles. The van der Waals surface area contributed by atoms with Crippen LogP contribution in [-0.2, 0) is 11.3 Å². The fraction of sp³-hybridized carbons (Fsp3) is 0.400. The van der Waals surface area contributed by atoms with Crippen LogP contribution >= 0.6 is 0 Å². The van der Waals surface area contributed by atoms with Gasteiger partial charge in [0.2, 0.25) is 5.91 Å². The van der Waals surface area contributed by atoms with E-state index in [-0.39, 0.29) is 23.8 Å². The number of carbonyl (C=O) groups is 3. The maximum atomic E-state index is 12.8. The molecule has 2 aromatic carbocycles. The number of nitrogens with one attached hydrogen (secondary N) is 2. The van der Waals surface area contributed by atoms with Crippen molar-refractivity contribution >= 4 is 23.5 Å². The molecule has 2 N–H and O–H groups in total. The lowest BCUT2D eigenvalue weighted by molar-refractivity contribution is -0.126. The van der Waals surface area contributed by atoms with E-state index in [2.05, 4.69) is 10.6 Å². The van der Waals surface area contributed by atoms with E-state index in [0.29, 0.717) is 18.7 Å². The number of rotatable bonds is 5. The molecule has 2 aromatic rings. The zero-order chi connectivity index (χ0) is 22.3.